The van der Waals surface area contributed by atoms with Gasteiger partial charge in [-0.3, -0.25) is 9.48 Å². The van der Waals surface area contributed by atoms with E-state index >= 15 is 0 Å². The van der Waals surface area contributed by atoms with Crippen LogP contribution in [0, 0.1) is 0 Å². The van der Waals surface area contributed by atoms with Gasteiger partial charge in [-0.2, -0.15) is 9.40 Å². The largest absolute Gasteiger partial charge is 0.370 e. The lowest BCUT2D eigenvalue weighted by atomic mass is 10.1. The molecule has 1 N–H and O–H groups in total. The molecule has 1 aliphatic rings. The van der Waals surface area contributed by atoms with Gasteiger partial charge in [0.25, 0.3) is 5.91 Å². The molecule has 2 heterocycles. The molecular weight excluding hydrogens is 462 g/mol. The first kappa shape index (κ1) is 24.9. The van der Waals surface area contributed by atoms with E-state index in [0.717, 1.165) is 37.2 Å². The Bertz CT molecular complexity index is 1230. The highest BCUT2D eigenvalue weighted by Crippen LogP contribution is 2.32. The van der Waals surface area contributed by atoms with Crippen molar-refractivity contribution in [1.29, 1.82) is 0 Å². The van der Waals surface area contributed by atoms with Crippen LogP contribution < -0.4 is 10.2 Å². The summed E-state index contributed by atoms with van der Waals surface area (Å²) in [6.07, 6.45) is 6.95. The van der Waals surface area contributed by atoms with E-state index in [2.05, 4.69) is 15.3 Å². The Morgan fingerprint density at radius 2 is 1.74 bits per heavy atom. The van der Waals surface area contributed by atoms with Crippen molar-refractivity contribution in [3.05, 3.63) is 72.1 Å². The fourth-order valence-corrected chi connectivity index (χ4v) is 5.92. The Labute approximate surface area is 207 Å². The average molecular weight is 496 g/mol. The zero-order chi connectivity index (χ0) is 24.8. The molecule has 1 aliphatic heterocycles. The van der Waals surface area contributed by atoms with Crippen LogP contribution >= 0.6 is 0 Å². The summed E-state index contributed by atoms with van der Waals surface area (Å²) >= 11 is 0. The SMILES string of the molecule is CCN(CC)S(=O)(=O)c1ccc(N2CCCCC2)c(NC(=O)c2ccc(Cn3cccn3)cc2)c1. The Hall–Kier alpha value is -3.17. The first-order chi connectivity index (χ1) is 16.9. The monoisotopic (exact) mass is 495 g/mol. The predicted molar refractivity (Wildman–Crippen MR) is 138 cm³/mol. The van der Waals surface area contributed by atoms with Crippen LogP contribution in [-0.2, 0) is 16.6 Å². The van der Waals surface area contributed by atoms with Crippen LogP contribution in [-0.4, -0.2) is 54.6 Å². The second-order valence-electron chi connectivity index (χ2n) is 8.67. The summed E-state index contributed by atoms with van der Waals surface area (Å²) < 4.78 is 29.5. The molecule has 0 spiro atoms. The third-order valence-corrected chi connectivity index (χ3v) is 8.42. The highest BCUT2D eigenvalue weighted by atomic mass is 32.2. The zero-order valence-electron chi connectivity index (χ0n) is 20.4. The topological polar surface area (TPSA) is 87.5 Å². The zero-order valence-corrected chi connectivity index (χ0v) is 21.2. The van der Waals surface area contributed by atoms with Crippen molar-refractivity contribution in [3.8, 4) is 0 Å². The van der Waals surface area contributed by atoms with Crippen molar-refractivity contribution >= 4 is 27.3 Å². The second-order valence-corrected chi connectivity index (χ2v) is 10.6. The van der Waals surface area contributed by atoms with Gasteiger partial charge >= 0.3 is 0 Å². The van der Waals surface area contributed by atoms with Crippen LogP contribution in [0.4, 0.5) is 11.4 Å². The van der Waals surface area contributed by atoms with Gasteiger partial charge in [0.05, 0.1) is 22.8 Å². The Kier molecular flexibility index (Phi) is 7.87. The van der Waals surface area contributed by atoms with Crippen molar-refractivity contribution in [2.45, 2.75) is 44.6 Å². The summed E-state index contributed by atoms with van der Waals surface area (Å²) in [6.45, 7) is 6.81. The molecule has 0 unspecified atom stereocenters. The van der Waals surface area contributed by atoms with E-state index in [1.54, 1.807) is 30.5 Å². The van der Waals surface area contributed by atoms with E-state index in [1.807, 2.05) is 49.0 Å². The number of carbonyl (C=O) groups is 1. The molecule has 0 bridgehead atoms. The molecule has 1 amide bonds. The van der Waals surface area contributed by atoms with Gasteiger partial charge in [-0.15, -0.1) is 0 Å². The summed E-state index contributed by atoms with van der Waals surface area (Å²) in [6, 6.07) is 14.3. The molecule has 3 aromatic rings. The number of hydrogen-bond acceptors (Lipinski definition) is 5. The Balaban J connectivity index is 1.61. The molecule has 4 rings (SSSR count). The summed E-state index contributed by atoms with van der Waals surface area (Å²) in [5.41, 5.74) is 2.92. The molecule has 0 saturated carbocycles. The smallest absolute Gasteiger partial charge is 0.255 e. The fraction of sp³-hybridized carbons (Fsp3) is 0.385. The number of nitrogens with zero attached hydrogens (tertiary/aromatic N) is 4. The molecule has 9 heteroatoms. The van der Waals surface area contributed by atoms with E-state index in [0.29, 0.717) is 30.9 Å². The summed E-state index contributed by atoms with van der Waals surface area (Å²) in [5, 5.41) is 7.21. The lowest BCUT2D eigenvalue weighted by molar-refractivity contribution is 0.102. The van der Waals surface area contributed by atoms with E-state index in [9.17, 15) is 13.2 Å². The van der Waals surface area contributed by atoms with Crippen molar-refractivity contribution in [1.82, 2.24) is 14.1 Å². The second kappa shape index (κ2) is 11.0. The lowest BCUT2D eigenvalue weighted by Crippen LogP contribution is -2.32. The molecule has 1 saturated heterocycles. The third-order valence-electron chi connectivity index (χ3n) is 6.38. The number of amides is 1. The number of aromatic nitrogens is 2. The predicted octanol–water partition coefficient (Wildman–Crippen LogP) is 4.20. The maximum Gasteiger partial charge on any atom is 0.255 e. The van der Waals surface area contributed by atoms with E-state index < -0.39 is 10.0 Å². The van der Waals surface area contributed by atoms with Gasteiger partial charge in [0.2, 0.25) is 10.0 Å². The number of piperidine rings is 1. The Morgan fingerprint density at radius 1 is 1.03 bits per heavy atom. The minimum atomic E-state index is -3.65. The van der Waals surface area contributed by atoms with E-state index in [-0.39, 0.29) is 10.8 Å². The van der Waals surface area contributed by atoms with Gasteiger partial charge in [0.1, 0.15) is 0 Å². The lowest BCUT2D eigenvalue weighted by Gasteiger charge is -2.31. The first-order valence-electron chi connectivity index (χ1n) is 12.2. The van der Waals surface area contributed by atoms with Crippen LogP contribution in [0.3, 0.4) is 0 Å². The van der Waals surface area contributed by atoms with Gasteiger partial charge in [0.15, 0.2) is 0 Å². The quantitative estimate of drug-likeness (QED) is 0.481. The highest BCUT2D eigenvalue weighted by Gasteiger charge is 2.25. The molecule has 0 aliphatic carbocycles. The van der Waals surface area contributed by atoms with Gasteiger partial charge in [0, 0.05) is 44.1 Å². The van der Waals surface area contributed by atoms with Crippen LogP contribution in [0.2, 0.25) is 0 Å². The van der Waals surface area contributed by atoms with E-state index in [4.69, 9.17) is 0 Å². The van der Waals surface area contributed by atoms with Crippen molar-refractivity contribution in [3.63, 3.8) is 0 Å². The maximum atomic E-state index is 13.2. The summed E-state index contributed by atoms with van der Waals surface area (Å²) in [4.78, 5) is 15.6. The number of carbonyl (C=O) groups excluding carboxylic acids is 1. The Morgan fingerprint density at radius 3 is 2.37 bits per heavy atom. The van der Waals surface area contributed by atoms with Crippen molar-refractivity contribution < 1.29 is 13.2 Å². The number of sulfonamides is 1. The van der Waals surface area contributed by atoms with Gasteiger partial charge in [-0.05, 0) is 61.2 Å². The molecular formula is C26H33N5O3S. The van der Waals surface area contributed by atoms with Crippen LogP contribution in [0.1, 0.15) is 49.0 Å². The number of nitrogens with one attached hydrogen (secondary N) is 1. The molecule has 0 atom stereocenters. The molecule has 1 aromatic heterocycles. The molecule has 2 aromatic carbocycles. The maximum absolute atomic E-state index is 13.2. The number of anilines is 2. The average Bonchev–Trinajstić information content (AvgIpc) is 3.38. The molecule has 0 radical (unpaired) electrons. The number of benzene rings is 2. The van der Waals surface area contributed by atoms with Crippen LogP contribution in [0.15, 0.2) is 65.8 Å². The number of hydrogen-bond donors (Lipinski definition) is 1. The normalized spacial score (nSPS) is 14.3. The minimum Gasteiger partial charge on any atom is -0.370 e. The third kappa shape index (κ3) is 5.74. The molecule has 8 nitrogen and oxygen atoms in total. The minimum absolute atomic E-state index is 0.187. The molecule has 35 heavy (non-hydrogen) atoms. The van der Waals surface area contributed by atoms with Gasteiger partial charge in [-0.25, -0.2) is 8.42 Å². The molecule has 1 fully saturated rings. The van der Waals surface area contributed by atoms with Crippen molar-refractivity contribution in [2.75, 3.05) is 36.4 Å². The molecule has 186 valence electrons. The standard InChI is InChI=1S/C26H33N5O3S/c1-3-31(4-2)35(33,34)23-13-14-25(29-16-6-5-7-17-29)24(19-23)28-26(32)22-11-9-21(10-12-22)20-30-18-8-15-27-30/h8-15,18-19H,3-7,16-17,20H2,1-2H3,(H,28,32). The van der Waals surface area contributed by atoms with Crippen LogP contribution in [0.5, 0.6) is 0 Å². The highest BCUT2D eigenvalue weighted by molar-refractivity contribution is 7.89. The summed E-state index contributed by atoms with van der Waals surface area (Å²) in [5.74, 6) is -0.272. The summed E-state index contributed by atoms with van der Waals surface area (Å²) in [7, 11) is -3.65. The van der Waals surface area contributed by atoms with E-state index in [1.165, 1.54) is 10.7 Å². The van der Waals surface area contributed by atoms with Gasteiger partial charge < -0.3 is 10.2 Å². The van der Waals surface area contributed by atoms with Crippen LogP contribution in [0.25, 0.3) is 0 Å². The fourth-order valence-electron chi connectivity index (χ4n) is 4.44. The number of rotatable bonds is 9. The van der Waals surface area contributed by atoms with Gasteiger partial charge in [-0.1, -0.05) is 26.0 Å². The van der Waals surface area contributed by atoms with Crippen molar-refractivity contribution in [2.24, 2.45) is 0 Å². The first-order valence-corrected chi connectivity index (χ1v) is 13.6.